The van der Waals surface area contributed by atoms with Gasteiger partial charge in [-0.1, -0.05) is 12.1 Å². The normalized spacial score (nSPS) is 9.84. The summed E-state index contributed by atoms with van der Waals surface area (Å²) in [5.41, 5.74) is 1.08. The average Bonchev–Trinajstić information content (AvgIpc) is 2.44. The molecule has 0 aliphatic heterocycles. The smallest absolute Gasteiger partial charge is 0.315 e. The zero-order valence-electron chi connectivity index (χ0n) is 11.5. The first-order chi connectivity index (χ1) is 9.06. The molecule has 1 aromatic rings. The van der Waals surface area contributed by atoms with Crippen molar-refractivity contribution in [3.8, 4) is 5.75 Å². The Bertz CT molecular complexity index is 445. The van der Waals surface area contributed by atoms with Crippen molar-refractivity contribution in [2.24, 2.45) is 0 Å². The highest BCUT2D eigenvalue weighted by Crippen LogP contribution is 2.13. The summed E-state index contributed by atoms with van der Waals surface area (Å²) in [5.74, 6) is 0.0361. The molecule has 1 amide bonds. The van der Waals surface area contributed by atoms with Crippen LogP contribution < -0.4 is 4.74 Å². The summed E-state index contributed by atoms with van der Waals surface area (Å²) in [7, 11) is 4.56. The van der Waals surface area contributed by atoms with Crippen molar-refractivity contribution in [2.75, 3.05) is 27.8 Å². The monoisotopic (exact) mass is 265 g/mol. The van der Waals surface area contributed by atoms with Gasteiger partial charge in [-0.15, -0.1) is 0 Å². The molecule has 0 N–H and O–H groups in total. The van der Waals surface area contributed by atoms with E-state index in [1.165, 1.54) is 12.0 Å². The highest BCUT2D eigenvalue weighted by atomic mass is 16.5. The van der Waals surface area contributed by atoms with Crippen molar-refractivity contribution >= 4 is 11.9 Å². The fourth-order valence-corrected chi connectivity index (χ4v) is 1.58. The number of esters is 1. The fourth-order valence-electron chi connectivity index (χ4n) is 1.58. The van der Waals surface area contributed by atoms with Crippen LogP contribution in [-0.4, -0.2) is 44.6 Å². The maximum absolute atomic E-state index is 11.7. The van der Waals surface area contributed by atoms with Crippen molar-refractivity contribution in [3.63, 3.8) is 0 Å². The molecule has 19 heavy (non-hydrogen) atoms. The van der Waals surface area contributed by atoms with Crippen LogP contribution in [0.2, 0.25) is 0 Å². The van der Waals surface area contributed by atoms with Crippen LogP contribution in [0.3, 0.4) is 0 Å². The van der Waals surface area contributed by atoms with Gasteiger partial charge in [-0.2, -0.15) is 0 Å². The molecule has 5 nitrogen and oxygen atoms in total. The standard InChI is InChI=1S/C14H19NO4/c1-15(13(16)10-14(17)19-3)8-7-11-5-4-6-12(9-11)18-2/h4-6,9H,7-8,10H2,1-3H3. The molecule has 0 unspecified atom stereocenters. The zero-order valence-corrected chi connectivity index (χ0v) is 11.5. The van der Waals surface area contributed by atoms with E-state index in [2.05, 4.69) is 4.74 Å². The third-order valence-electron chi connectivity index (χ3n) is 2.82. The molecule has 0 bridgehead atoms. The number of benzene rings is 1. The summed E-state index contributed by atoms with van der Waals surface area (Å²) in [6.07, 6.45) is 0.492. The van der Waals surface area contributed by atoms with Crippen molar-refractivity contribution in [1.82, 2.24) is 4.90 Å². The van der Waals surface area contributed by atoms with E-state index in [0.717, 1.165) is 11.3 Å². The molecule has 0 saturated heterocycles. The number of carbonyl (C=O) groups excluding carboxylic acids is 2. The van der Waals surface area contributed by atoms with Gasteiger partial charge in [-0.3, -0.25) is 9.59 Å². The summed E-state index contributed by atoms with van der Waals surface area (Å²) in [6, 6.07) is 7.68. The average molecular weight is 265 g/mol. The summed E-state index contributed by atoms with van der Waals surface area (Å²) < 4.78 is 9.60. The van der Waals surface area contributed by atoms with Gasteiger partial charge in [-0.05, 0) is 24.1 Å². The fraction of sp³-hybridized carbons (Fsp3) is 0.429. The van der Waals surface area contributed by atoms with E-state index in [1.807, 2.05) is 24.3 Å². The quantitative estimate of drug-likeness (QED) is 0.574. The minimum atomic E-state index is -0.516. The van der Waals surface area contributed by atoms with Crippen LogP contribution in [0, 0.1) is 0 Å². The SMILES string of the molecule is COC(=O)CC(=O)N(C)CCc1cccc(OC)c1. The van der Waals surface area contributed by atoms with E-state index in [9.17, 15) is 9.59 Å². The summed E-state index contributed by atoms with van der Waals surface area (Å²) in [4.78, 5) is 24.2. The van der Waals surface area contributed by atoms with E-state index in [0.29, 0.717) is 13.0 Å². The lowest BCUT2D eigenvalue weighted by Gasteiger charge is -2.16. The molecule has 5 heteroatoms. The number of hydrogen-bond donors (Lipinski definition) is 0. The number of likely N-dealkylation sites (N-methyl/N-ethyl adjacent to an activating group) is 1. The molecule has 0 aromatic heterocycles. The molecule has 0 saturated carbocycles. The number of amides is 1. The van der Waals surface area contributed by atoms with E-state index in [-0.39, 0.29) is 12.3 Å². The van der Waals surface area contributed by atoms with Gasteiger partial charge in [0.15, 0.2) is 0 Å². The number of methoxy groups -OCH3 is 2. The van der Waals surface area contributed by atoms with Crippen LogP contribution in [0.25, 0.3) is 0 Å². The lowest BCUT2D eigenvalue weighted by Crippen LogP contribution is -2.30. The maximum Gasteiger partial charge on any atom is 0.315 e. The summed E-state index contributed by atoms with van der Waals surface area (Å²) in [6.45, 7) is 0.545. The molecule has 0 fully saturated rings. The minimum Gasteiger partial charge on any atom is -0.497 e. The van der Waals surface area contributed by atoms with Gasteiger partial charge in [0.25, 0.3) is 0 Å². The first-order valence-corrected chi connectivity index (χ1v) is 6.00. The van der Waals surface area contributed by atoms with E-state index in [1.54, 1.807) is 14.2 Å². The molecule has 104 valence electrons. The minimum absolute atomic E-state index is 0.217. The molecule has 0 aliphatic rings. The molecule has 0 radical (unpaired) electrons. The van der Waals surface area contributed by atoms with Crippen LogP contribution in [-0.2, 0) is 20.7 Å². The Morgan fingerprint density at radius 3 is 2.63 bits per heavy atom. The number of hydrogen-bond acceptors (Lipinski definition) is 4. The van der Waals surface area contributed by atoms with Crippen molar-refractivity contribution < 1.29 is 19.1 Å². The summed E-state index contributed by atoms with van der Waals surface area (Å²) >= 11 is 0. The van der Waals surface area contributed by atoms with Gasteiger partial charge in [0, 0.05) is 13.6 Å². The molecular weight excluding hydrogens is 246 g/mol. The Labute approximate surface area is 113 Å². The number of carbonyl (C=O) groups is 2. The molecular formula is C14H19NO4. The Morgan fingerprint density at radius 1 is 1.26 bits per heavy atom. The molecule has 0 atom stereocenters. The summed E-state index contributed by atoms with van der Waals surface area (Å²) in [5, 5.41) is 0. The predicted molar refractivity (Wildman–Crippen MR) is 71.0 cm³/mol. The zero-order chi connectivity index (χ0) is 14.3. The lowest BCUT2D eigenvalue weighted by atomic mass is 10.1. The van der Waals surface area contributed by atoms with Crippen molar-refractivity contribution in [3.05, 3.63) is 29.8 Å². The molecule has 0 heterocycles. The molecule has 1 rings (SSSR count). The highest BCUT2D eigenvalue weighted by Gasteiger charge is 2.13. The van der Waals surface area contributed by atoms with Gasteiger partial charge < -0.3 is 14.4 Å². The van der Waals surface area contributed by atoms with Gasteiger partial charge >= 0.3 is 5.97 Å². The Hall–Kier alpha value is -2.04. The number of nitrogens with zero attached hydrogens (tertiary/aromatic N) is 1. The van der Waals surface area contributed by atoms with E-state index in [4.69, 9.17) is 4.74 Å². The second-order valence-corrected chi connectivity index (χ2v) is 4.17. The van der Waals surface area contributed by atoms with Gasteiger partial charge in [0.1, 0.15) is 12.2 Å². The van der Waals surface area contributed by atoms with Crippen LogP contribution in [0.1, 0.15) is 12.0 Å². The molecule has 0 aliphatic carbocycles. The first kappa shape index (κ1) is 15.0. The number of ether oxygens (including phenoxy) is 2. The van der Waals surface area contributed by atoms with E-state index < -0.39 is 5.97 Å². The second kappa shape index (κ2) is 7.41. The van der Waals surface area contributed by atoms with Crippen LogP contribution in [0.15, 0.2) is 24.3 Å². The van der Waals surface area contributed by atoms with Crippen LogP contribution in [0.5, 0.6) is 5.75 Å². The topological polar surface area (TPSA) is 55.8 Å². The third-order valence-corrected chi connectivity index (χ3v) is 2.82. The third kappa shape index (κ3) is 4.99. The Morgan fingerprint density at radius 2 is 2.00 bits per heavy atom. The van der Waals surface area contributed by atoms with Gasteiger partial charge in [0.05, 0.1) is 14.2 Å². The van der Waals surface area contributed by atoms with E-state index >= 15 is 0 Å². The Kier molecular flexibility index (Phi) is 5.85. The number of rotatable bonds is 6. The first-order valence-electron chi connectivity index (χ1n) is 6.00. The lowest BCUT2D eigenvalue weighted by molar-refractivity contribution is -0.146. The maximum atomic E-state index is 11.7. The van der Waals surface area contributed by atoms with Crippen LogP contribution >= 0.6 is 0 Å². The largest absolute Gasteiger partial charge is 0.497 e. The predicted octanol–water partition coefficient (Wildman–Crippen LogP) is 1.26. The van der Waals surface area contributed by atoms with Gasteiger partial charge in [0.2, 0.25) is 5.91 Å². The van der Waals surface area contributed by atoms with Crippen molar-refractivity contribution in [1.29, 1.82) is 0 Å². The van der Waals surface area contributed by atoms with Crippen molar-refractivity contribution in [2.45, 2.75) is 12.8 Å². The second-order valence-electron chi connectivity index (χ2n) is 4.17. The highest BCUT2D eigenvalue weighted by molar-refractivity contribution is 5.94. The molecule has 0 spiro atoms. The molecule has 1 aromatic carbocycles. The van der Waals surface area contributed by atoms with Crippen LogP contribution in [0.4, 0.5) is 0 Å². The van der Waals surface area contributed by atoms with Gasteiger partial charge in [-0.25, -0.2) is 0 Å². The Balaban J connectivity index is 2.46.